The van der Waals surface area contributed by atoms with Gasteiger partial charge in [-0.25, -0.2) is 4.98 Å². The summed E-state index contributed by atoms with van der Waals surface area (Å²) in [5.74, 6) is 0.972. The molecular formula is C15H22N4. The maximum atomic E-state index is 4.39. The van der Waals surface area contributed by atoms with E-state index in [1.807, 2.05) is 31.3 Å². The highest BCUT2D eigenvalue weighted by Gasteiger charge is 2.01. The summed E-state index contributed by atoms with van der Waals surface area (Å²) in [6.07, 6.45) is 5.16. The van der Waals surface area contributed by atoms with Gasteiger partial charge in [0.15, 0.2) is 0 Å². The minimum absolute atomic E-state index is 0.829. The van der Waals surface area contributed by atoms with Crippen molar-refractivity contribution in [2.45, 2.75) is 26.4 Å². The number of hydrogen-bond donors (Lipinski definition) is 1. The zero-order valence-electron chi connectivity index (χ0n) is 11.9. The summed E-state index contributed by atoms with van der Waals surface area (Å²) in [6, 6.07) is 8.34. The van der Waals surface area contributed by atoms with Crippen molar-refractivity contribution in [1.29, 1.82) is 0 Å². The normalized spacial score (nSPS) is 10.5. The Kier molecular flexibility index (Phi) is 4.44. The number of aryl methyl sites for hydroxylation is 1. The lowest BCUT2D eigenvalue weighted by Crippen LogP contribution is -2.11. The van der Waals surface area contributed by atoms with E-state index >= 15 is 0 Å². The van der Waals surface area contributed by atoms with Crippen molar-refractivity contribution in [1.82, 2.24) is 9.55 Å². The maximum absolute atomic E-state index is 4.39. The second-order valence-corrected chi connectivity index (χ2v) is 4.85. The summed E-state index contributed by atoms with van der Waals surface area (Å²) in [4.78, 5) is 6.39. The van der Waals surface area contributed by atoms with Crippen LogP contribution in [0.25, 0.3) is 0 Å². The molecule has 0 aliphatic rings. The first-order chi connectivity index (χ1) is 9.20. The molecule has 0 spiro atoms. The summed E-state index contributed by atoms with van der Waals surface area (Å²) in [7, 11) is 3.99. The van der Waals surface area contributed by atoms with Crippen LogP contribution in [0.1, 0.15) is 19.0 Å². The second kappa shape index (κ2) is 6.27. The molecule has 0 bridgehead atoms. The van der Waals surface area contributed by atoms with Crippen LogP contribution in [0.2, 0.25) is 0 Å². The number of rotatable bonds is 6. The van der Waals surface area contributed by atoms with E-state index in [0.29, 0.717) is 0 Å². The third-order valence-electron chi connectivity index (χ3n) is 3.07. The molecule has 1 N–H and O–H groups in total. The average Bonchev–Trinajstić information content (AvgIpc) is 2.85. The first-order valence-electron chi connectivity index (χ1n) is 6.72. The molecule has 0 atom stereocenters. The van der Waals surface area contributed by atoms with Crippen molar-refractivity contribution in [3.63, 3.8) is 0 Å². The van der Waals surface area contributed by atoms with Gasteiger partial charge in [0.25, 0.3) is 0 Å². The zero-order chi connectivity index (χ0) is 13.7. The van der Waals surface area contributed by atoms with E-state index < -0.39 is 0 Å². The minimum Gasteiger partial charge on any atom is -0.378 e. The molecule has 0 aliphatic heterocycles. The van der Waals surface area contributed by atoms with Gasteiger partial charge in [-0.05, 0) is 30.7 Å². The molecular weight excluding hydrogens is 236 g/mol. The molecule has 0 radical (unpaired) electrons. The van der Waals surface area contributed by atoms with E-state index in [2.05, 4.69) is 46.2 Å². The molecule has 4 nitrogen and oxygen atoms in total. The smallest absolute Gasteiger partial charge is 0.128 e. The highest BCUT2D eigenvalue weighted by molar-refractivity contribution is 5.48. The lowest BCUT2D eigenvalue weighted by molar-refractivity contribution is 0.654. The van der Waals surface area contributed by atoms with Crippen LogP contribution < -0.4 is 10.2 Å². The Morgan fingerprint density at radius 3 is 2.74 bits per heavy atom. The van der Waals surface area contributed by atoms with Crippen molar-refractivity contribution >= 4 is 11.5 Å². The Hall–Kier alpha value is -1.97. The van der Waals surface area contributed by atoms with Gasteiger partial charge in [0.2, 0.25) is 0 Å². The lowest BCUT2D eigenvalue weighted by Gasteiger charge is -2.13. The molecule has 0 saturated heterocycles. The third kappa shape index (κ3) is 3.50. The van der Waals surface area contributed by atoms with Crippen molar-refractivity contribution < 1.29 is 0 Å². The first kappa shape index (κ1) is 13.5. The predicted octanol–water partition coefficient (Wildman–Crippen LogP) is 2.97. The lowest BCUT2D eigenvalue weighted by atomic mass is 10.3. The van der Waals surface area contributed by atoms with Crippen LogP contribution in [0.15, 0.2) is 36.7 Å². The van der Waals surface area contributed by atoms with E-state index in [0.717, 1.165) is 31.0 Å². The monoisotopic (exact) mass is 258 g/mol. The van der Waals surface area contributed by atoms with Crippen LogP contribution in [0.5, 0.6) is 0 Å². The molecule has 2 heterocycles. The summed E-state index contributed by atoms with van der Waals surface area (Å²) >= 11 is 0. The van der Waals surface area contributed by atoms with Crippen LogP contribution in [-0.4, -0.2) is 23.6 Å². The number of anilines is 2. The maximum Gasteiger partial charge on any atom is 0.128 e. The minimum atomic E-state index is 0.829. The zero-order valence-corrected chi connectivity index (χ0v) is 11.9. The van der Waals surface area contributed by atoms with E-state index in [-0.39, 0.29) is 0 Å². The Bertz CT molecular complexity index is 499. The van der Waals surface area contributed by atoms with Crippen LogP contribution in [-0.2, 0) is 13.1 Å². The van der Waals surface area contributed by atoms with Gasteiger partial charge in [-0.15, -0.1) is 0 Å². The topological polar surface area (TPSA) is 33.1 Å². The Morgan fingerprint density at radius 1 is 1.26 bits per heavy atom. The fourth-order valence-corrected chi connectivity index (χ4v) is 2.02. The molecule has 0 aromatic carbocycles. The van der Waals surface area contributed by atoms with E-state index in [1.54, 1.807) is 0 Å². The summed E-state index contributed by atoms with van der Waals surface area (Å²) in [5.41, 5.74) is 2.35. The Morgan fingerprint density at radius 2 is 2.11 bits per heavy atom. The number of nitrogens with zero attached hydrogens (tertiary/aromatic N) is 3. The molecule has 2 aromatic heterocycles. The van der Waals surface area contributed by atoms with Crippen molar-refractivity contribution in [2.75, 3.05) is 24.3 Å². The van der Waals surface area contributed by atoms with Gasteiger partial charge in [0.1, 0.15) is 5.82 Å². The molecule has 0 unspecified atom stereocenters. The number of hydrogen-bond acceptors (Lipinski definition) is 3. The highest BCUT2D eigenvalue weighted by atomic mass is 15.1. The van der Waals surface area contributed by atoms with Crippen LogP contribution >= 0.6 is 0 Å². The standard InChI is InChI=1S/C15H22N4/c1-4-9-19-10-5-6-14(19)12-16-13-7-8-15(17-11-13)18(2)3/h5-8,10-11,16H,4,9,12H2,1-3H3. The average molecular weight is 258 g/mol. The number of aromatic nitrogens is 2. The van der Waals surface area contributed by atoms with E-state index in [9.17, 15) is 0 Å². The van der Waals surface area contributed by atoms with Gasteiger partial charge in [-0.1, -0.05) is 6.92 Å². The molecule has 0 aliphatic carbocycles. The Balaban J connectivity index is 1.96. The van der Waals surface area contributed by atoms with Gasteiger partial charge in [0, 0.05) is 32.5 Å². The summed E-state index contributed by atoms with van der Waals surface area (Å²) in [5, 5.41) is 3.41. The SMILES string of the molecule is CCCn1cccc1CNc1ccc(N(C)C)nc1. The van der Waals surface area contributed by atoms with Gasteiger partial charge < -0.3 is 14.8 Å². The highest BCUT2D eigenvalue weighted by Crippen LogP contribution is 2.13. The molecule has 2 aromatic rings. The summed E-state index contributed by atoms with van der Waals surface area (Å²) in [6.45, 7) is 4.10. The quantitative estimate of drug-likeness (QED) is 0.864. The van der Waals surface area contributed by atoms with Gasteiger partial charge in [-0.2, -0.15) is 0 Å². The van der Waals surface area contributed by atoms with Crippen LogP contribution in [0.3, 0.4) is 0 Å². The second-order valence-electron chi connectivity index (χ2n) is 4.85. The van der Waals surface area contributed by atoms with E-state index in [1.165, 1.54) is 5.69 Å². The number of nitrogens with one attached hydrogen (secondary N) is 1. The molecule has 0 amide bonds. The van der Waals surface area contributed by atoms with Gasteiger partial charge in [0.05, 0.1) is 18.4 Å². The fourth-order valence-electron chi connectivity index (χ4n) is 2.02. The fraction of sp³-hybridized carbons (Fsp3) is 0.400. The van der Waals surface area contributed by atoms with E-state index in [4.69, 9.17) is 0 Å². The predicted molar refractivity (Wildman–Crippen MR) is 80.6 cm³/mol. The third-order valence-corrected chi connectivity index (χ3v) is 3.07. The van der Waals surface area contributed by atoms with Crippen molar-refractivity contribution in [3.05, 3.63) is 42.4 Å². The molecule has 0 fully saturated rings. The number of pyridine rings is 1. The Labute approximate surface area is 115 Å². The molecule has 4 heteroatoms. The molecule has 19 heavy (non-hydrogen) atoms. The molecule has 102 valence electrons. The van der Waals surface area contributed by atoms with Gasteiger partial charge >= 0.3 is 0 Å². The molecule has 0 saturated carbocycles. The first-order valence-corrected chi connectivity index (χ1v) is 6.72. The van der Waals surface area contributed by atoms with Crippen LogP contribution in [0.4, 0.5) is 11.5 Å². The molecule has 2 rings (SSSR count). The van der Waals surface area contributed by atoms with Crippen molar-refractivity contribution in [2.24, 2.45) is 0 Å². The largest absolute Gasteiger partial charge is 0.378 e. The van der Waals surface area contributed by atoms with Crippen molar-refractivity contribution in [3.8, 4) is 0 Å². The van der Waals surface area contributed by atoms with Crippen LogP contribution in [0, 0.1) is 0 Å². The van der Waals surface area contributed by atoms with Gasteiger partial charge in [-0.3, -0.25) is 0 Å². The summed E-state index contributed by atoms with van der Waals surface area (Å²) < 4.78 is 2.29.